The number of amides is 1. The van der Waals surface area contributed by atoms with Crippen molar-refractivity contribution in [2.24, 2.45) is 0 Å². The molecule has 0 aliphatic heterocycles. The van der Waals surface area contributed by atoms with Crippen molar-refractivity contribution in [2.75, 3.05) is 24.9 Å². The number of ether oxygens (including phenoxy) is 2. The molecule has 3 rings (SSSR count). The third-order valence-corrected chi connectivity index (χ3v) is 4.55. The van der Waals surface area contributed by atoms with Gasteiger partial charge in [-0.3, -0.25) is 4.79 Å². The van der Waals surface area contributed by atoms with E-state index in [-0.39, 0.29) is 11.6 Å². The Hall–Kier alpha value is -3.61. The molecule has 29 heavy (non-hydrogen) atoms. The van der Waals surface area contributed by atoms with Crippen LogP contribution in [-0.4, -0.2) is 30.1 Å². The molecular formula is C22H24N4O3. The van der Waals surface area contributed by atoms with E-state index in [0.29, 0.717) is 23.0 Å². The van der Waals surface area contributed by atoms with E-state index in [0.717, 1.165) is 17.7 Å². The number of benzene rings is 2. The number of carbonyl (C=O) groups excluding carboxylic acids is 1. The lowest BCUT2D eigenvalue weighted by Crippen LogP contribution is -2.15. The zero-order valence-corrected chi connectivity index (χ0v) is 16.9. The van der Waals surface area contributed by atoms with Gasteiger partial charge in [0.1, 0.15) is 29.3 Å². The van der Waals surface area contributed by atoms with Gasteiger partial charge in [0, 0.05) is 17.8 Å². The lowest BCUT2D eigenvalue weighted by molar-refractivity contribution is 0.102. The summed E-state index contributed by atoms with van der Waals surface area (Å²) in [5, 5.41) is 6.13. The lowest BCUT2D eigenvalue weighted by Gasteiger charge is -2.14. The molecule has 0 fully saturated rings. The highest BCUT2D eigenvalue weighted by Gasteiger charge is 2.14. The molecule has 2 N–H and O–H groups in total. The Morgan fingerprint density at radius 3 is 2.62 bits per heavy atom. The van der Waals surface area contributed by atoms with E-state index in [4.69, 9.17) is 9.47 Å². The minimum absolute atomic E-state index is 0.243. The van der Waals surface area contributed by atoms with E-state index in [2.05, 4.69) is 33.6 Å². The molecule has 1 aromatic heterocycles. The summed E-state index contributed by atoms with van der Waals surface area (Å²) in [6, 6.07) is 12.9. The Bertz CT molecular complexity index is 1020. The van der Waals surface area contributed by atoms with Gasteiger partial charge in [0.25, 0.3) is 5.91 Å². The van der Waals surface area contributed by atoms with Crippen molar-refractivity contribution in [3.63, 3.8) is 0 Å². The Balaban J connectivity index is 1.82. The van der Waals surface area contributed by atoms with Crippen LogP contribution in [-0.2, 0) is 6.42 Å². The summed E-state index contributed by atoms with van der Waals surface area (Å²) in [5.41, 5.74) is 4.05. The van der Waals surface area contributed by atoms with Crippen molar-refractivity contribution < 1.29 is 14.3 Å². The van der Waals surface area contributed by atoms with Gasteiger partial charge in [-0.05, 0) is 36.6 Å². The van der Waals surface area contributed by atoms with Crippen LogP contribution in [0.3, 0.4) is 0 Å². The predicted octanol–water partition coefficient (Wildman–Crippen LogP) is 4.36. The van der Waals surface area contributed by atoms with E-state index in [9.17, 15) is 4.79 Å². The highest BCUT2D eigenvalue weighted by Crippen LogP contribution is 2.29. The molecule has 0 atom stereocenters. The van der Waals surface area contributed by atoms with Crippen LogP contribution in [0.25, 0.3) is 0 Å². The maximum atomic E-state index is 12.7. The van der Waals surface area contributed by atoms with Crippen molar-refractivity contribution in [3.8, 4) is 11.5 Å². The van der Waals surface area contributed by atoms with E-state index in [1.54, 1.807) is 31.4 Å². The van der Waals surface area contributed by atoms with Crippen LogP contribution in [0.4, 0.5) is 17.2 Å². The van der Waals surface area contributed by atoms with E-state index in [1.807, 2.05) is 19.1 Å². The van der Waals surface area contributed by atoms with Crippen LogP contribution in [0, 0.1) is 6.92 Å². The van der Waals surface area contributed by atoms with Gasteiger partial charge in [0.2, 0.25) is 0 Å². The quantitative estimate of drug-likeness (QED) is 0.621. The number of nitrogens with zero attached hydrogens (tertiary/aromatic N) is 2. The zero-order chi connectivity index (χ0) is 20.8. The van der Waals surface area contributed by atoms with Crippen LogP contribution in [0.1, 0.15) is 28.5 Å². The molecule has 0 saturated carbocycles. The molecule has 0 aliphatic carbocycles. The third-order valence-electron chi connectivity index (χ3n) is 4.55. The van der Waals surface area contributed by atoms with Crippen molar-refractivity contribution in [1.29, 1.82) is 0 Å². The van der Waals surface area contributed by atoms with E-state index < -0.39 is 0 Å². The minimum atomic E-state index is -0.362. The molecule has 2 aromatic carbocycles. The monoisotopic (exact) mass is 392 g/mol. The molecule has 7 heteroatoms. The first-order valence-corrected chi connectivity index (χ1v) is 9.26. The summed E-state index contributed by atoms with van der Waals surface area (Å²) >= 11 is 0. The minimum Gasteiger partial charge on any atom is -0.497 e. The molecule has 150 valence electrons. The van der Waals surface area contributed by atoms with Crippen molar-refractivity contribution in [1.82, 2.24) is 9.97 Å². The number of hydrogen-bond acceptors (Lipinski definition) is 6. The van der Waals surface area contributed by atoms with E-state index >= 15 is 0 Å². The largest absolute Gasteiger partial charge is 0.497 e. The van der Waals surface area contributed by atoms with Crippen LogP contribution in [0.5, 0.6) is 11.5 Å². The average Bonchev–Trinajstić information content (AvgIpc) is 2.75. The Labute approximate surface area is 170 Å². The second kappa shape index (κ2) is 9.05. The van der Waals surface area contributed by atoms with Gasteiger partial charge in [-0.15, -0.1) is 0 Å². The van der Waals surface area contributed by atoms with Gasteiger partial charge in [0.15, 0.2) is 0 Å². The molecule has 1 amide bonds. The molecule has 0 saturated heterocycles. The second-order valence-corrected chi connectivity index (χ2v) is 6.40. The van der Waals surface area contributed by atoms with Gasteiger partial charge >= 0.3 is 0 Å². The number of nitrogens with one attached hydrogen (secondary N) is 2. The summed E-state index contributed by atoms with van der Waals surface area (Å²) in [6.07, 6.45) is 2.26. The van der Waals surface area contributed by atoms with Crippen LogP contribution in [0.15, 0.2) is 48.8 Å². The lowest BCUT2D eigenvalue weighted by atomic mass is 10.1. The first-order valence-electron chi connectivity index (χ1n) is 9.26. The van der Waals surface area contributed by atoms with Crippen molar-refractivity contribution in [3.05, 3.63) is 65.6 Å². The summed E-state index contributed by atoms with van der Waals surface area (Å²) in [4.78, 5) is 21.1. The fourth-order valence-corrected chi connectivity index (χ4v) is 2.97. The summed E-state index contributed by atoms with van der Waals surface area (Å²) in [5.74, 6) is 1.33. The van der Waals surface area contributed by atoms with Gasteiger partial charge < -0.3 is 20.1 Å². The third kappa shape index (κ3) is 4.63. The van der Waals surface area contributed by atoms with Gasteiger partial charge in [0.05, 0.1) is 19.9 Å². The van der Waals surface area contributed by atoms with Crippen LogP contribution >= 0.6 is 0 Å². The highest BCUT2D eigenvalue weighted by molar-refractivity contribution is 6.04. The first kappa shape index (κ1) is 20.1. The average molecular weight is 392 g/mol. The maximum Gasteiger partial charge on any atom is 0.274 e. The number of aromatic nitrogens is 2. The number of aryl methyl sites for hydroxylation is 2. The summed E-state index contributed by atoms with van der Waals surface area (Å²) in [7, 11) is 3.10. The van der Waals surface area contributed by atoms with Crippen molar-refractivity contribution in [2.45, 2.75) is 20.3 Å². The number of para-hydroxylation sites is 1. The standard InChI is InChI=1S/C22H24N4O3/c1-5-15-8-6-7-14(2)21(15)26-20-12-18(23-13-24-20)22(27)25-17-10-9-16(28-3)11-19(17)29-4/h6-13H,5H2,1-4H3,(H,25,27)(H,23,24,26). The van der Waals surface area contributed by atoms with Crippen LogP contribution in [0.2, 0.25) is 0 Å². The van der Waals surface area contributed by atoms with Crippen molar-refractivity contribution >= 4 is 23.1 Å². The van der Waals surface area contributed by atoms with Gasteiger partial charge in [-0.1, -0.05) is 25.1 Å². The molecule has 0 aliphatic rings. The topological polar surface area (TPSA) is 85.4 Å². The molecule has 7 nitrogen and oxygen atoms in total. The van der Waals surface area contributed by atoms with E-state index in [1.165, 1.54) is 19.0 Å². The Morgan fingerprint density at radius 2 is 1.90 bits per heavy atom. The number of anilines is 3. The smallest absolute Gasteiger partial charge is 0.274 e. The number of carbonyl (C=O) groups is 1. The molecule has 0 radical (unpaired) electrons. The molecule has 0 spiro atoms. The molecule has 1 heterocycles. The second-order valence-electron chi connectivity index (χ2n) is 6.40. The molecule has 0 bridgehead atoms. The Kier molecular flexibility index (Phi) is 6.29. The molecule has 0 unspecified atom stereocenters. The maximum absolute atomic E-state index is 12.7. The zero-order valence-electron chi connectivity index (χ0n) is 16.9. The molecular weight excluding hydrogens is 368 g/mol. The molecule has 3 aromatic rings. The fraction of sp³-hybridized carbons (Fsp3) is 0.227. The highest BCUT2D eigenvalue weighted by atomic mass is 16.5. The first-order chi connectivity index (χ1) is 14.0. The number of hydrogen-bond donors (Lipinski definition) is 2. The van der Waals surface area contributed by atoms with Gasteiger partial charge in [-0.25, -0.2) is 9.97 Å². The number of rotatable bonds is 7. The number of methoxy groups -OCH3 is 2. The SMILES string of the molecule is CCc1cccc(C)c1Nc1cc(C(=O)Nc2ccc(OC)cc2OC)ncn1. The van der Waals surface area contributed by atoms with Gasteiger partial charge in [-0.2, -0.15) is 0 Å². The summed E-state index contributed by atoms with van der Waals surface area (Å²) in [6.45, 7) is 4.13. The van der Waals surface area contributed by atoms with Crippen LogP contribution < -0.4 is 20.1 Å². The normalized spacial score (nSPS) is 10.3. The predicted molar refractivity (Wildman–Crippen MR) is 113 cm³/mol. The summed E-state index contributed by atoms with van der Waals surface area (Å²) < 4.78 is 10.5. The Morgan fingerprint density at radius 1 is 1.07 bits per heavy atom. The fourth-order valence-electron chi connectivity index (χ4n) is 2.97.